The molecule has 1 N–H and O–H groups in total. The Balaban J connectivity index is 1.87. The number of amides is 4. The summed E-state index contributed by atoms with van der Waals surface area (Å²) >= 11 is 0. The van der Waals surface area contributed by atoms with Gasteiger partial charge < -0.3 is 4.74 Å². The predicted molar refractivity (Wildman–Crippen MR) is 114 cm³/mol. The quantitative estimate of drug-likeness (QED) is 0.589. The van der Waals surface area contributed by atoms with Crippen molar-refractivity contribution in [1.29, 1.82) is 0 Å². The molecule has 1 aliphatic heterocycles. The number of benzene rings is 2. The maximum absolute atomic E-state index is 13.1. The van der Waals surface area contributed by atoms with Crippen molar-refractivity contribution in [1.82, 2.24) is 10.4 Å². The van der Waals surface area contributed by atoms with Crippen LogP contribution in [0.4, 0.5) is 5.69 Å². The molecule has 2 aromatic carbocycles. The predicted octanol–water partition coefficient (Wildman–Crippen LogP) is 2.47. The number of carbonyl (C=O) groups is 4. The summed E-state index contributed by atoms with van der Waals surface area (Å²) < 4.78 is 5.11. The van der Waals surface area contributed by atoms with E-state index in [4.69, 9.17) is 4.74 Å². The number of ether oxygens (including phenoxy) is 1. The van der Waals surface area contributed by atoms with Crippen molar-refractivity contribution in [2.45, 2.75) is 33.2 Å². The molecule has 1 saturated heterocycles. The molecule has 8 heteroatoms. The molecule has 3 rings (SSSR count). The zero-order chi connectivity index (χ0) is 22.7. The summed E-state index contributed by atoms with van der Waals surface area (Å²) in [5.74, 6) is -1.92. The molecule has 1 heterocycles. The number of methoxy groups -OCH3 is 1. The van der Waals surface area contributed by atoms with Crippen molar-refractivity contribution >= 4 is 29.3 Å². The van der Waals surface area contributed by atoms with Gasteiger partial charge in [0.2, 0.25) is 11.8 Å². The average Bonchev–Trinajstić information content (AvgIpc) is 3.05. The molecule has 0 aliphatic carbocycles. The van der Waals surface area contributed by atoms with Gasteiger partial charge in [-0.05, 0) is 43.3 Å². The third-order valence-corrected chi connectivity index (χ3v) is 5.03. The van der Waals surface area contributed by atoms with E-state index in [1.807, 2.05) is 6.92 Å². The summed E-state index contributed by atoms with van der Waals surface area (Å²) in [5.41, 5.74) is 4.25. The number of aryl methyl sites for hydroxylation is 1. The van der Waals surface area contributed by atoms with Gasteiger partial charge in [-0.3, -0.25) is 24.6 Å². The molecule has 0 aromatic heterocycles. The Bertz CT molecular complexity index is 999. The zero-order valence-electron chi connectivity index (χ0n) is 17.9. The standard InChI is InChI=1S/C23H25N3O5/c1-14(2)22(29)26(24-21(28)16-7-5-15(3)6-8-16)19-13-20(27)25(23(19)30)17-9-11-18(31-4)12-10-17/h5-12,14,19H,13H2,1-4H3,(H,24,28). The van der Waals surface area contributed by atoms with Crippen molar-refractivity contribution in [3.05, 3.63) is 59.7 Å². The highest BCUT2D eigenvalue weighted by Crippen LogP contribution is 2.27. The third kappa shape index (κ3) is 4.58. The Kier molecular flexibility index (Phi) is 6.39. The van der Waals surface area contributed by atoms with Crippen molar-refractivity contribution in [2.24, 2.45) is 5.92 Å². The van der Waals surface area contributed by atoms with Crippen LogP contribution in [0.1, 0.15) is 36.2 Å². The highest BCUT2D eigenvalue weighted by atomic mass is 16.5. The summed E-state index contributed by atoms with van der Waals surface area (Å²) in [5, 5.41) is 0.997. The lowest BCUT2D eigenvalue weighted by molar-refractivity contribution is -0.143. The largest absolute Gasteiger partial charge is 0.497 e. The first-order chi connectivity index (χ1) is 14.7. The Labute approximate surface area is 180 Å². The maximum atomic E-state index is 13.1. The second-order valence-electron chi connectivity index (χ2n) is 7.66. The molecule has 4 amide bonds. The normalized spacial score (nSPS) is 15.9. The van der Waals surface area contributed by atoms with Crippen LogP contribution in [0.2, 0.25) is 0 Å². The monoisotopic (exact) mass is 423 g/mol. The maximum Gasteiger partial charge on any atom is 0.269 e. The van der Waals surface area contributed by atoms with Gasteiger partial charge in [-0.25, -0.2) is 9.91 Å². The number of anilines is 1. The fraction of sp³-hybridized carbons (Fsp3) is 0.304. The average molecular weight is 423 g/mol. The number of hydrogen-bond donors (Lipinski definition) is 1. The van der Waals surface area contributed by atoms with E-state index in [9.17, 15) is 19.2 Å². The summed E-state index contributed by atoms with van der Waals surface area (Å²) in [6, 6.07) is 12.2. The SMILES string of the molecule is COc1ccc(N2C(=O)CC(N(NC(=O)c3ccc(C)cc3)C(=O)C(C)C)C2=O)cc1. The van der Waals surface area contributed by atoms with Crippen LogP contribution in [0.25, 0.3) is 0 Å². The van der Waals surface area contributed by atoms with Gasteiger partial charge in [0.25, 0.3) is 11.8 Å². The lowest BCUT2D eigenvalue weighted by Crippen LogP contribution is -2.55. The van der Waals surface area contributed by atoms with E-state index in [2.05, 4.69) is 5.43 Å². The lowest BCUT2D eigenvalue weighted by Gasteiger charge is -2.29. The van der Waals surface area contributed by atoms with Crippen LogP contribution in [0.3, 0.4) is 0 Å². The fourth-order valence-corrected chi connectivity index (χ4v) is 3.26. The van der Waals surface area contributed by atoms with Gasteiger partial charge in [-0.1, -0.05) is 31.5 Å². The van der Waals surface area contributed by atoms with Crippen molar-refractivity contribution in [2.75, 3.05) is 12.0 Å². The number of carbonyl (C=O) groups excluding carboxylic acids is 4. The Morgan fingerprint density at radius 2 is 1.68 bits per heavy atom. The van der Waals surface area contributed by atoms with Crippen molar-refractivity contribution in [3.8, 4) is 5.75 Å². The first-order valence-corrected chi connectivity index (χ1v) is 9.94. The molecular weight excluding hydrogens is 398 g/mol. The number of nitrogens with one attached hydrogen (secondary N) is 1. The minimum atomic E-state index is -1.13. The van der Waals surface area contributed by atoms with E-state index in [1.165, 1.54) is 7.11 Å². The molecule has 0 radical (unpaired) electrons. The van der Waals surface area contributed by atoms with Gasteiger partial charge in [0, 0.05) is 11.5 Å². The van der Waals surface area contributed by atoms with Crippen LogP contribution in [0, 0.1) is 12.8 Å². The Morgan fingerprint density at radius 3 is 2.23 bits per heavy atom. The third-order valence-electron chi connectivity index (χ3n) is 5.03. The lowest BCUT2D eigenvalue weighted by atomic mass is 10.1. The van der Waals surface area contributed by atoms with Gasteiger partial charge in [-0.2, -0.15) is 0 Å². The second-order valence-corrected chi connectivity index (χ2v) is 7.66. The van der Waals surface area contributed by atoms with Crippen LogP contribution in [-0.4, -0.2) is 41.8 Å². The van der Waals surface area contributed by atoms with E-state index >= 15 is 0 Å². The van der Waals surface area contributed by atoms with Gasteiger partial charge in [0.05, 0.1) is 19.2 Å². The molecule has 1 fully saturated rings. The van der Waals surface area contributed by atoms with Crippen LogP contribution in [0.15, 0.2) is 48.5 Å². The summed E-state index contributed by atoms with van der Waals surface area (Å²) in [7, 11) is 1.52. The summed E-state index contributed by atoms with van der Waals surface area (Å²) in [6.45, 7) is 5.22. The molecule has 0 spiro atoms. The summed E-state index contributed by atoms with van der Waals surface area (Å²) in [6.07, 6.45) is -0.225. The second kappa shape index (κ2) is 8.99. The number of rotatable bonds is 5. The highest BCUT2D eigenvalue weighted by Gasteiger charge is 2.45. The van der Waals surface area contributed by atoms with Crippen molar-refractivity contribution < 1.29 is 23.9 Å². The first-order valence-electron chi connectivity index (χ1n) is 9.94. The van der Waals surface area contributed by atoms with E-state index in [0.717, 1.165) is 15.5 Å². The molecular formula is C23H25N3O5. The molecule has 8 nitrogen and oxygen atoms in total. The topological polar surface area (TPSA) is 96.0 Å². The minimum Gasteiger partial charge on any atom is -0.497 e. The van der Waals surface area contributed by atoms with E-state index in [1.54, 1.807) is 62.4 Å². The van der Waals surface area contributed by atoms with Crippen LogP contribution in [-0.2, 0) is 14.4 Å². The van der Waals surface area contributed by atoms with Crippen LogP contribution < -0.4 is 15.1 Å². The molecule has 1 atom stereocenters. The van der Waals surface area contributed by atoms with Gasteiger partial charge in [0.1, 0.15) is 11.8 Å². The fourth-order valence-electron chi connectivity index (χ4n) is 3.26. The smallest absolute Gasteiger partial charge is 0.269 e. The molecule has 1 aliphatic rings. The molecule has 31 heavy (non-hydrogen) atoms. The molecule has 1 unspecified atom stereocenters. The molecule has 0 bridgehead atoms. The number of hydrazine groups is 1. The van der Waals surface area contributed by atoms with E-state index < -0.39 is 35.6 Å². The molecule has 0 saturated carbocycles. The van der Waals surface area contributed by atoms with E-state index in [0.29, 0.717) is 17.0 Å². The molecule has 162 valence electrons. The first kappa shape index (κ1) is 22.0. The zero-order valence-corrected chi connectivity index (χ0v) is 17.9. The number of imide groups is 1. The molecule has 2 aromatic rings. The minimum absolute atomic E-state index is 0.225. The van der Waals surface area contributed by atoms with Gasteiger partial charge in [-0.15, -0.1) is 0 Å². The Morgan fingerprint density at radius 1 is 1.06 bits per heavy atom. The van der Waals surface area contributed by atoms with Crippen molar-refractivity contribution in [3.63, 3.8) is 0 Å². The summed E-state index contributed by atoms with van der Waals surface area (Å²) in [4.78, 5) is 52.4. The van der Waals surface area contributed by atoms with Crippen LogP contribution >= 0.6 is 0 Å². The van der Waals surface area contributed by atoms with Gasteiger partial charge >= 0.3 is 0 Å². The van der Waals surface area contributed by atoms with Gasteiger partial charge in [0.15, 0.2) is 0 Å². The van der Waals surface area contributed by atoms with E-state index in [-0.39, 0.29) is 6.42 Å². The number of nitrogens with zero attached hydrogens (tertiary/aromatic N) is 2. The van der Waals surface area contributed by atoms with Crippen LogP contribution in [0.5, 0.6) is 5.75 Å². The Hall–Kier alpha value is -3.68. The number of hydrogen-bond acceptors (Lipinski definition) is 5. The highest BCUT2D eigenvalue weighted by molar-refractivity contribution is 6.23.